The molecule has 0 saturated heterocycles. The molecule has 3 aromatic carbocycles. The lowest BCUT2D eigenvalue weighted by atomic mass is 10.2. The molecule has 2 amide bonds. The van der Waals surface area contributed by atoms with E-state index in [2.05, 4.69) is 5.32 Å². The number of thioether (sulfide) groups is 1. The Morgan fingerprint density at radius 1 is 0.912 bits per heavy atom. The van der Waals surface area contributed by atoms with E-state index < -0.39 is 5.97 Å². The summed E-state index contributed by atoms with van der Waals surface area (Å²) in [7, 11) is 0. The Labute approximate surface area is 206 Å². The predicted octanol–water partition coefficient (Wildman–Crippen LogP) is 6.19. The number of hydrogen-bond acceptors (Lipinski definition) is 5. The maximum Gasteiger partial charge on any atom is 0.303 e. The van der Waals surface area contributed by atoms with Gasteiger partial charge in [0.1, 0.15) is 0 Å². The molecule has 0 bridgehead atoms. The van der Waals surface area contributed by atoms with Crippen molar-refractivity contribution in [1.29, 1.82) is 0 Å². The zero-order valence-corrected chi connectivity index (χ0v) is 20.2. The van der Waals surface area contributed by atoms with E-state index in [1.165, 1.54) is 11.8 Å². The number of anilines is 3. The molecule has 2 N–H and O–H groups in total. The minimum atomic E-state index is -1.00. The molecule has 4 rings (SSSR count). The third kappa shape index (κ3) is 5.46. The van der Waals surface area contributed by atoms with Crippen molar-refractivity contribution < 1.29 is 19.5 Å². The Morgan fingerprint density at radius 2 is 1.50 bits per heavy atom. The highest BCUT2D eigenvalue weighted by Gasteiger charge is 2.32. The first kappa shape index (κ1) is 23.9. The van der Waals surface area contributed by atoms with Crippen LogP contribution in [0, 0.1) is 0 Å². The van der Waals surface area contributed by atoms with Gasteiger partial charge in [-0.2, -0.15) is 0 Å². The molecule has 1 heterocycles. The molecule has 0 aliphatic carbocycles. The van der Waals surface area contributed by atoms with Crippen LogP contribution in [-0.4, -0.2) is 28.1 Å². The van der Waals surface area contributed by atoms with Gasteiger partial charge in [-0.1, -0.05) is 43.0 Å². The zero-order valence-electron chi connectivity index (χ0n) is 18.6. The highest BCUT2D eigenvalue weighted by atomic mass is 32.2. The van der Waals surface area contributed by atoms with Gasteiger partial charge in [-0.25, -0.2) is 0 Å². The van der Waals surface area contributed by atoms with Crippen LogP contribution in [0.5, 0.6) is 0 Å². The van der Waals surface area contributed by atoms with Crippen LogP contribution in [-0.2, 0) is 14.4 Å². The lowest BCUT2D eigenvalue weighted by Crippen LogP contribution is -2.35. The molecule has 1 aliphatic rings. The van der Waals surface area contributed by atoms with Gasteiger partial charge in [0, 0.05) is 26.8 Å². The molecule has 0 fully saturated rings. The zero-order chi connectivity index (χ0) is 24.1. The molecule has 174 valence electrons. The van der Waals surface area contributed by atoms with Gasteiger partial charge in [0.15, 0.2) is 0 Å². The Kier molecular flexibility index (Phi) is 7.59. The molecule has 3 aromatic rings. The molecule has 0 spiro atoms. The van der Waals surface area contributed by atoms with Crippen molar-refractivity contribution in [3.8, 4) is 0 Å². The average molecular weight is 493 g/mol. The summed E-state index contributed by atoms with van der Waals surface area (Å²) in [4.78, 5) is 41.1. The average Bonchev–Trinajstić information content (AvgIpc) is 2.85. The third-order valence-electron chi connectivity index (χ3n) is 5.28. The van der Waals surface area contributed by atoms with Gasteiger partial charge >= 0.3 is 5.97 Å². The number of amides is 2. The van der Waals surface area contributed by atoms with Crippen LogP contribution in [0.4, 0.5) is 17.1 Å². The number of carboxylic acid groups (broad SMARTS) is 1. The lowest BCUT2D eigenvalue weighted by molar-refractivity contribution is -0.138. The van der Waals surface area contributed by atoms with E-state index in [1.807, 2.05) is 72.5 Å². The van der Waals surface area contributed by atoms with Crippen molar-refractivity contribution in [2.75, 3.05) is 10.2 Å². The summed E-state index contributed by atoms with van der Waals surface area (Å²) < 4.78 is 0. The maximum atomic E-state index is 13.8. The summed E-state index contributed by atoms with van der Waals surface area (Å²) in [5.74, 6) is -1.32. The van der Waals surface area contributed by atoms with Gasteiger partial charge in [0.2, 0.25) is 11.8 Å². The molecule has 0 saturated carbocycles. The first-order chi connectivity index (χ1) is 16.5. The van der Waals surface area contributed by atoms with Crippen LogP contribution in [0.1, 0.15) is 26.2 Å². The fraction of sp³-hybridized carbons (Fsp3) is 0.192. The van der Waals surface area contributed by atoms with Crippen molar-refractivity contribution >= 4 is 58.4 Å². The molecular formula is C26H24N2O4S2. The van der Waals surface area contributed by atoms with E-state index in [0.717, 1.165) is 26.1 Å². The van der Waals surface area contributed by atoms with E-state index in [9.17, 15) is 14.4 Å². The van der Waals surface area contributed by atoms with Crippen LogP contribution < -0.4 is 10.2 Å². The van der Waals surface area contributed by atoms with Crippen molar-refractivity contribution in [1.82, 2.24) is 0 Å². The Morgan fingerprint density at radius 3 is 2.06 bits per heavy atom. The molecule has 1 aliphatic heterocycles. The SMILES string of the molecule is CCC(Sc1ccc(NC(=O)CCC(=O)O)cc1)C(=O)N1c2ccccc2Sc2ccccc21. The minimum absolute atomic E-state index is 0.0266. The first-order valence-electron chi connectivity index (χ1n) is 10.9. The van der Waals surface area contributed by atoms with E-state index in [4.69, 9.17) is 5.11 Å². The van der Waals surface area contributed by atoms with Crippen LogP contribution in [0.25, 0.3) is 0 Å². The summed E-state index contributed by atoms with van der Waals surface area (Å²) >= 11 is 3.16. The topological polar surface area (TPSA) is 86.7 Å². The van der Waals surface area contributed by atoms with Gasteiger partial charge in [0.25, 0.3) is 0 Å². The van der Waals surface area contributed by atoms with Crippen LogP contribution in [0.2, 0.25) is 0 Å². The Bertz CT molecular complexity index is 1170. The van der Waals surface area contributed by atoms with E-state index >= 15 is 0 Å². The van der Waals surface area contributed by atoms with Gasteiger partial charge in [0.05, 0.1) is 23.0 Å². The molecular weight excluding hydrogens is 468 g/mol. The minimum Gasteiger partial charge on any atom is -0.481 e. The fourth-order valence-electron chi connectivity index (χ4n) is 3.62. The number of nitrogens with one attached hydrogen (secondary N) is 1. The number of fused-ring (bicyclic) bond motifs is 2. The van der Waals surface area contributed by atoms with Crippen LogP contribution in [0.3, 0.4) is 0 Å². The molecule has 1 atom stereocenters. The summed E-state index contributed by atoms with van der Waals surface area (Å²) in [6, 6.07) is 23.2. The predicted molar refractivity (Wildman–Crippen MR) is 136 cm³/mol. The summed E-state index contributed by atoms with van der Waals surface area (Å²) in [6.45, 7) is 2.00. The lowest BCUT2D eigenvalue weighted by Gasteiger charge is -2.33. The van der Waals surface area contributed by atoms with Crippen LogP contribution >= 0.6 is 23.5 Å². The number of carbonyl (C=O) groups excluding carboxylic acids is 2. The second-order valence-corrected chi connectivity index (χ2v) is 10.1. The second kappa shape index (κ2) is 10.8. The van der Waals surface area contributed by atoms with Crippen molar-refractivity contribution in [3.63, 3.8) is 0 Å². The highest BCUT2D eigenvalue weighted by Crippen LogP contribution is 2.48. The van der Waals surface area contributed by atoms with Crippen molar-refractivity contribution in [2.45, 2.75) is 46.1 Å². The number of nitrogens with zero attached hydrogens (tertiary/aromatic N) is 1. The second-order valence-electron chi connectivity index (χ2n) is 7.69. The standard InChI is InChI=1S/C26H24N2O4S2/c1-2-21(33-18-13-11-17(12-14-18)27-24(29)15-16-25(30)31)26(32)28-19-7-3-5-9-22(19)34-23-10-6-4-8-20(23)28/h3-14,21H,2,15-16H2,1H3,(H,27,29)(H,30,31). The Hall–Kier alpha value is -3.23. The van der Waals surface area contributed by atoms with E-state index in [0.29, 0.717) is 12.1 Å². The molecule has 6 nitrogen and oxygen atoms in total. The largest absolute Gasteiger partial charge is 0.481 e. The Balaban J connectivity index is 1.50. The van der Waals surface area contributed by atoms with E-state index in [-0.39, 0.29) is 29.9 Å². The van der Waals surface area contributed by atoms with Gasteiger partial charge in [-0.3, -0.25) is 19.3 Å². The molecule has 0 radical (unpaired) electrons. The number of aliphatic carboxylic acids is 1. The summed E-state index contributed by atoms with van der Waals surface area (Å²) in [5.41, 5.74) is 2.39. The van der Waals surface area contributed by atoms with Gasteiger partial charge < -0.3 is 10.4 Å². The number of hydrogen-bond donors (Lipinski definition) is 2. The van der Waals surface area contributed by atoms with Gasteiger partial charge in [-0.15, -0.1) is 11.8 Å². The monoisotopic (exact) mass is 492 g/mol. The van der Waals surface area contributed by atoms with Crippen molar-refractivity contribution in [3.05, 3.63) is 72.8 Å². The number of rotatable bonds is 8. The molecule has 1 unspecified atom stereocenters. The number of para-hydroxylation sites is 2. The molecule has 34 heavy (non-hydrogen) atoms. The quantitative estimate of drug-likeness (QED) is 0.365. The fourth-order valence-corrected chi connectivity index (χ4v) is 5.67. The smallest absolute Gasteiger partial charge is 0.303 e. The first-order valence-corrected chi connectivity index (χ1v) is 12.6. The number of benzene rings is 3. The third-order valence-corrected chi connectivity index (χ3v) is 7.78. The number of carboxylic acids is 1. The molecule has 8 heteroatoms. The van der Waals surface area contributed by atoms with Crippen molar-refractivity contribution in [2.24, 2.45) is 0 Å². The normalized spacial score (nSPS) is 12.9. The molecule has 0 aromatic heterocycles. The number of carbonyl (C=O) groups is 3. The maximum absolute atomic E-state index is 13.8. The van der Waals surface area contributed by atoms with Crippen LogP contribution in [0.15, 0.2) is 87.5 Å². The van der Waals surface area contributed by atoms with E-state index in [1.54, 1.807) is 23.9 Å². The highest BCUT2D eigenvalue weighted by molar-refractivity contribution is 8.00. The summed E-state index contributed by atoms with van der Waals surface area (Å²) in [5, 5.41) is 11.1. The summed E-state index contributed by atoms with van der Waals surface area (Å²) in [6.07, 6.45) is 0.377. The van der Waals surface area contributed by atoms with Gasteiger partial charge in [-0.05, 0) is 55.0 Å².